The molecule has 4 rings (SSSR count). The van der Waals surface area contributed by atoms with Crippen molar-refractivity contribution in [3.8, 4) is 11.4 Å². The van der Waals surface area contributed by atoms with Gasteiger partial charge in [-0.05, 0) is 44.7 Å². The standard InChI is InChI=1S/C20H26N4O2/c1-15-14-22-19(16-2-8-21-9-3-16)24(15)18-4-10-23(11-5-18)20(25)17-6-12-26-13-7-17/h2-3,8-9,14,17-18H,4-7,10-13H2,1H3. The number of carbonyl (C=O) groups excluding carboxylic acids is 1. The van der Waals surface area contributed by atoms with Crippen molar-refractivity contribution >= 4 is 5.91 Å². The predicted molar refractivity (Wildman–Crippen MR) is 98.6 cm³/mol. The first-order chi connectivity index (χ1) is 12.7. The maximum Gasteiger partial charge on any atom is 0.225 e. The summed E-state index contributed by atoms with van der Waals surface area (Å²) in [5, 5.41) is 0. The van der Waals surface area contributed by atoms with E-state index in [-0.39, 0.29) is 5.92 Å². The van der Waals surface area contributed by atoms with Crippen LogP contribution in [0.4, 0.5) is 0 Å². The second-order valence-corrected chi connectivity index (χ2v) is 7.27. The Bertz CT molecular complexity index is 744. The molecule has 0 N–H and O–H groups in total. The molecule has 2 aliphatic heterocycles. The number of pyridine rings is 1. The first-order valence-corrected chi connectivity index (χ1v) is 9.55. The Labute approximate surface area is 154 Å². The molecule has 0 spiro atoms. The van der Waals surface area contributed by atoms with Gasteiger partial charge in [0.2, 0.25) is 5.91 Å². The van der Waals surface area contributed by atoms with E-state index in [2.05, 4.69) is 26.4 Å². The van der Waals surface area contributed by atoms with E-state index in [1.165, 1.54) is 5.69 Å². The number of ether oxygens (including phenoxy) is 1. The molecule has 2 aliphatic rings. The Balaban J connectivity index is 1.45. The van der Waals surface area contributed by atoms with Crippen LogP contribution in [-0.4, -0.2) is 51.6 Å². The van der Waals surface area contributed by atoms with Crippen molar-refractivity contribution in [1.29, 1.82) is 0 Å². The van der Waals surface area contributed by atoms with Gasteiger partial charge in [-0.15, -0.1) is 0 Å². The van der Waals surface area contributed by atoms with Crippen LogP contribution in [-0.2, 0) is 9.53 Å². The van der Waals surface area contributed by atoms with Crippen LogP contribution >= 0.6 is 0 Å². The average molecular weight is 354 g/mol. The highest BCUT2D eigenvalue weighted by molar-refractivity contribution is 5.79. The summed E-state index contributed by atoms with van der Waals surface area (Å²) < 4.78 is 7.73. The van der Waals surface area contributed by atoms with Crippen LogP contribution < -0.4 is 0 Å². The van der Waals surface area contributed by atoms with E-state index in [0.717, 1.165) is 63.4 Å². The van der Waals surface area contributed by atoms with Gasteiger partial charge in [0.25, 0.3) is 0 Å². The number of carbonyl (C=O) groups is 1. The van der Waals surface area contributed by atoms with E-state index >= 15 is 0 Å². The van der Waals surface area contributed by atoms with Crippen molar-refractivity contribution in [1.82, 2.24) is 19.4 Å². The van der Waals surface area contributed by atoms with Crippen molar-refractivity contribution in [2.24, 2.45) is 5.92 Å². The van der Waals surface area contributed by atoms with Gasteiger partial charge in [-0.2, -0.15) is 0 Å². The summed E-state index contributed by atoms with van der Waals surface area (Å²) in [6.45, 7) is 5.20. The second-order valence-electron chi connectivity index (χ2n) is 7.27. The van der Waals surface area contributed by atoms with Crippen molar-refractivity contribution in [2.75, 3.05) is 26.3 Å². The second kappa shape index (κ2) is 7.58. The SMILES string of the molecule is Cc1cnc(-c2ccncc2)n1C1CCN(C(=O)C2CCOCC2)CC1. The van der Waals surface area contributed by atoms with Crippen molar-refractivity contribution in [2.45, 2.75) is 38.6 Å². The Hall–Kier alpha value is -2.21. The number of nitrogens with zero attached hydrogens (tertiary/aromatic N) is 4. The molecule has 2 aromatic heterocycles. The average Bonchev–Trinajstić information content (AvgIpc) is 3.10. The van der Waals surface area contributed by atoms with Gasteiger partial charge in [0, 0.05) is 68.1 Å². The van der Waals surface area contributed by atoms with Gasteiger partial charge in [-0.25, -0.2) is 4.98 Å². The van der Waals surface area contributed by atoms with Gasteiger partial charge in [-0.1, -0.05) is 0 Å². The first kappa shape index (κ1) is 17.2. The fraction of sp³-hybridized carbons (Fsp3) is 0.550. The first-order valence-electron chi connectivity index (χ1n) is 9.55. The molecule has 0 bridgehead atoms. The molecule has 138 valence electrons. The lowest BCUT2D eigenvalue weighted by Gasteiger charge is -2.36. The molecule has 2 aromatic rings. The molecule has 2 saturated heterocycles. The third-order valence-electron chi connectivity index (χ3n) is 5.63. The van der Waals surface area contributed by atoms with Crippen LogP contribution in [0.1, 0.15) is 37.4 Å². The Morgan fingerprint density at radius 3 is 2.50 bits per heavy atom. The summed E-state index contributed by atoms with van der Waals surface area (Å²) in [6.07, 6.45) is 9.23. The summed E-state index contributed by atoms with van der Waals surface area (Å²) >= 11 is 0. The van der Waals surface area contributed by atoms with Crippen LogP contribution in [0, 0.1) is 12.8 Å². The lowest BCUT2D eigenvalue weighted by atomic mass is 9.96. The zero-order valence-electron chi connectivity index (χ0n) is 15.3. The molecule has 1 amide bonds. The third-order valence-corrected chi connectivity index (χ3v) is 5.63. The van der Waals surface area contributed by atoms with E-state index in [0.29, 0.717) is 11.9 Å². The number of piperidine rings is 1. The lowest BCUT2D eigenvalue weighted by Crippen LogP contribution is -2.43. The summed E-state index contributed by atoms with van der Waals surface area (Å²) in [6, 6.07) is 4.39. The number of rotatable bonds is 3. The van der Waals surface area contributed by atoms with Crippen LogP contribution in [0.3, 0.4) is 0 Å². The summed E-state index contributed by atoms with van der Waals surface area (Å²) in [4.78, 5) is 23.5. The molecular weight excluding hydrogens is 328 g/mol. The number of imidazole rings is 1. The Morgan fingerprint density at radius 2 is 1.81 bits per heavy atom. The van der Waals surface area contributed by atoms with Gasteiger partial charge >= 0.3 is 0 Å². The van der Waals surface area contributed by atoms with Gasteiger partial charge in [0.1, 0.15) is 5.82 Å². The molecule has 26 heavy (non-hydrogen) atoms. The van der Waals surface area contributed by atoms with Crippen molar-refractivity contribution in [3.05, 3.63) is 36.4 Å². The molecule has 0 radical (unpaired) electrons. The maximum atomic E-state index is 12.7. The third kappa shape index (κ3) is 3.38. The number of amides is 1. The van der Waals surface area contributed by atoms with Gasteiger partial charge in [0.15, 0.2) is 0 Å². The highest BCUT2D eigenvalue weighted by atomic mass is 16.5. The van der Waals surface area contributed by atoms with Gasteiger partial charge < -0.3 is 14.2 Å². The number of hydrogen-bond acceptors (Lipinski definition) is 4. The summed E-state index contributed by atoms with van der Waals surface area (Å²) in [5.41, 5.74) is 2.26. The molecule has 0 saturated carbocycles. The number of hydrogen-bond donors (Lipinski definition) is 0. The van der Waals surface area contributed by atoms with E-state index in [9.17, 15) is 4.79 Å². The minimum Gasteiger partial charge on any atom is -0.381 e. The monoisotopic (exact) mass is 354 g/mol. The molecule has 6 nitrogen and oxygen atoms in total. The minimum atomic E-state index is 0.155. The van der Waals surface area contributed by atoms with Crippen LogP contribution in [0.5, 0.6) is 0 Å². The van der Waals surface area contributed by atoms with Crippen molar-refractivity contribution in [3.63, 3.8) is 0 Å². The molecule has 6 heteroatoms. The fourth-order valence-corrected chi connectivity index (χ4v) is 4.17. The van der Waals surface area contributed by atoms with Crippen LogP contribution in [0.25, 0.3) is 11.4 Å². The molecule has 0 atom stereocenters. The van der Waals surface area contributed by atoms with Gasteiger partial charge in [-0.3, -0.25) is 9.78 Å². The summed E-state index contributed by atoms with van der Waals surface area (Å²) in [7, 11) is 0. The van der Waals surface area contributed by atoms with E-state index < -0.39 is 0 Å². The molecule has 0 unspecified atom stereocenters. The Kier molecular flexibility index (Phi) is 5.02. The van der Waals surface area contributed by atoms with Crippen LogP contribution in [0.2, 0.25) is 0 Å². The zero-order chi connectivity index (χ0) is 17.9. The lowest BCUT2D eigenvalue weighted by molar-refractivity contribution is -0.139. The number of likely N-dealkylation sites (tertiary alicyclic amines) is 1. The molecular formula is C20H26N4O2. The van der Waals surface area contributed by atoms with Crippen LogP contribution in [0.15, 0.2) is 30.7 Å². The van der Waals surface area contributed by atoms with Gasteiger partial charge in [0.05, 0.1) is 0 Å². The zero-order valence-corrected chi connectivity index (χ0v) is 15.3. The smallest absolute Gasteiger partial charge is 0.225 e. The maximum absolute atomic E-state index is 12.7. The molecule has 0 aromatic carbocycles. The van der Waals surface area contributed by atoms with E-state index in [1.807, 2.05) is 18.3 Å². The highest BCUT2D eigenvalue weighted by Crippen LogP contribution is 2.31. The summed E-state index contributed by atoms with van der Waals surface area (Å²) in [5.74, 6) is 1.48. The van der Waals surface area contributed by atoms with E-state index in [4.69, 9.17) is 4.74 Å². The van der Waals surface area contributed by atoms with E-state index in [1.54, 1.807) is 12.4 Å². The number of aromatic nitrogens is 3. The molecule has 4 heterocycles. The largest absolute Gasteiger partial charge is 0.381 e. The molecule has 2 fully saturated rings. The molecule has 0 aliphatic carbocycles. The topological polar surface area (TPSA) is 60.2 Å². The number of aryl methyl sites for hydroxylation is 1. The normalized spacial score (nSPS) is 19.7. The quantitative estimate of drug-likeness (QED) is 0.850. The predicted octanol–water partition coefficient (Wildman–Crippen LogP) is 2.84. The fourth-order valence-electron chi connectivity index (χ4n) is 4.17. The Morgan fingerprint density at radius 1 is 1.12 bits per heavy atom. The van der Waals surface area contributed by atoms with Crippen molar-refractivity contribution < 1.29 is 9.53 Å². The highest BCUT2D eigenvalue weighted by Gasteiger charge is 2.30. The minimum absolute atomic E-state index is 0.155.